The molecule has 1 aromatic carbocycles. The van der Waals surface area contributed by atoms with Crippen molar-refractivity contribution < 1.29 is 4.74 Å². The van der Waals surface area contributed by atoms with Gasteiger partial charge in [-0.1, -0.05) is 17.7 Å². The fourth-order valence-corrected chi connectivity index (χ4v) is 0.895. The van der Waals surface area contributed by atoms with Crippen LogP contribution in [0.25, 0.3) is 0 Å². The van der Waals surface area contributed by atoms with E-state index in [-0.39, 0.29) is 0 Å². The molecule has 0 saturated carbocycles. The van der Waals surface area contributed by atoms with E-state index in [2.05, 4.69) is 4.74 Å². The molecular weight excluding hydrogens is 162 g/mol. The van der Waals surface area contributed by atoms with Crippen molar-refractivity contribution in [1.82, 2.24) is 0 Å². The zero-order valence-electron chi connectivity index (χ0n) is 5.97. The summed E-state index contributed by atoms with van der Waals surface area (Å²) in [6.45, 7) is 1.85. The first kappa shape index (κ1) is 7.90. The molecule has 0 aliphatic heterocycles. The molecule has 0 aliphatic carbocycles. The third-order valence-electron chi connectivity index (χ3n) is 1.31. The van der Waals surface area contributed by atoms with Gasteiger partial charge in [0.2, 0.25) is 0 Å². The van der Waals surface area contributed by atoms with Gasteiger partial charge in [0.1, 0.15) is 5.75 Å². The van der Waals surface area contributed by atoms with Crippen molar-refractivity contribution in [2.24, 2.45) is 0 Å². The number of rotatable bonds is 1. The summed E-state index contributed by atoms with van der Waals surface area (Å²) >= 11 is 5.66. The minimum Gasteiger partial charge on any atom is -0.388 e. The van der Waals surface area contributed by atoms with Gasteiger partial charge in [-0.05, 0) is 18.6 Å². The zero-order chi connectivity index (χ0) is 8.27. The highest BCUT2D eigenvalue weighted by Gasteiger charge is 1.98. The van der Waals surface area contributed by atoms with Gasteiger partial charge in [0, 0.05) is 11.1 Å². The molecule has 11 heavy (non-hydrogen) atoms. The lowest BCUT2D eigenvalue weighted by molar-refractivity contribution is 0.503. The van der Waals surface area contributed by atoms with Crippen LogP contribution in [0.1, 0.15) is 5.56 Å². The van der Waals surface area contributed by atoms with Crippen LogP contribution in [0.2, 0.25) is 5.02 Å². The standard InChI is InChI=1S/C8H6ClNO/c1-6-2-3-7(9)4-8(6)11-5-10/h2-4H,1H3. The smallest absolute Gasteiger partial charge is 0.292 e. The molecule has 0 aromatic heterocycles. The predicted molar refractivity (Wildman–Crippen MR) is 42.4 cm³/mol. The van der Waals surface area contributed by atoms with E-state index in [9.17, 15) is 0 Å². The van der Waals surface area contributed by atoms with E-state index in [1.54, 1.807) is 24.5 Å². The third kappa shape index (κ3) is 1.86. The molecule has 0 spiro atoms. The molecule has 3 heteroatoms. The predicted octanol–water partition coefficient (Wildman–Crippen LogP) is 2.51. The first-order valence-electron chi connectivity index (χ1n) is 3.06. The summed E-state index contributed by atoms with van der Waals surface area (Å²) in [5.41, 5.74) is 0.899. The molecular formula is C8H6ClNO. The average Bonchev–Trinajstić information content (AvgIpc) is 1.98. The van der Waals surface area contributed by atoms with E-state index < -0.39 is 0 Å². The van der Waals surface area contributed by atoms with Crippen molar-refractivity contribution in [3.8, 4) is 12.0 Å². The van der Waals surface area contributed by atoms with Gasteiger partial charge in [-0.3, -0.25) is 0 Å². The second-order valence-corrected chi connectivity index (χ2v) is 2.54. The highest BCUT2D eigenvalue weighted by molar-refractivity contribution is 6.30. The fraction of sp³-hybridized carbons (Fsp3) is 0.125. The van der Waals surface area contributed by atoms with Crippen LogP contribution < -0.4 is 4.74 Å². The third-order valence-corrected chi connectivity index (χ3v) is 1.54. The van der Waals surface area contributed by atoms with Crippen molar-refractivity contribution >= 4 is 11.6 Å². The summed E-state index contributed by atoms with van der Waals surface area (Å²) in [5.74, 6) is 0.514. The first-order chi connectivity index (χ1) is 5.24. The van der Waals surface area contributed by atoms with E-state index in [0.29, 0.717) is 10.8 Å². The number of ether oxygens (including phenoxy) is 1. The monoisotopic (exact) mass is 167 g/mol. The Hall–Kier alpha value is -1.20. The number of aryl methyl sites for hydroxylation is 1. The molecule has 0 aliphatic rings. The van der Waals surface area contributed by atoms with Gasteiger partial charge < -0.3 is 4.74 Å². The Morgan fingerprint density at radius 3 is 2.91 bits per heavy atom. The highest BCUT2D eigenvalue weighted by Crippen LogP contribution is 2.21. The minimum absolute atomic E-state index is 0.514. The van der Waals surface area contributed by atoms with Crippen molar-refractivity contribution in [3.05, 3.63) is 28.8 Å². The van der Waals surface area contributed by atoms with Gasteiger partial charge in [-0.2, -0.15) is 0 Å². The average molecular weight is 168 g/mol. The Labute approximate surface area is 70.0 Å². The lowest BCUT2D eigenvalue weighted by Crippen LogP contribution is -1.84. The Balaban J connectivity index is 3.05. The number of nitrogens with zero attached hydrogens (tertiary/aromatic N) is 1. The molecule has 2 nitrogen and oxygen atoms in total. The van der Waals surface area contributed by atoms with Crippen LogP contribution in [-0.2, 0) is 0 Å². The molecule has 1 rings (SSSR count). The second-order valence-electron chi connectivity index (χ2n) is 2.10. The highest BCUT2D eigenvalue weighted by atomic mass is 35.5. The summed E-state index contributed by atoms with van der Waals surface area (Å²) in [7, 11) is 0. The lowest BCUT2D eigenvalue weighted by Gasteiger charge is -1.99. The van der Waals surface area contributed by atoms with E-state index in [4.69, 9.17) is 16.9 Å². The number of benzene rings is 1. The van der Waals surface area contributed by atoms with Crippen LogP contribution in [0, 0.1) is 18.4 Å². The normalized spacial score (nSPS) is 8.82. The molecule has 1 aromatic rings. The van der Waals surface area contributed by atoms with E-state index in [1.807, 2.05) is 6.92 Å². The van der Waals surface area contributed by atoms with Gasteiger partial charge in [0.25, 0.3) is 6.26 Å². The zero-order valence-corrected chi connectivity index (χ0v) is 6.72. The van der Waals surface area contributed by atoms with Gasteiger partial charge in [0.05, 0.1) is 0 Å². The summed E-state index contributed by atoms with van der Waals surface area (Å²) < 4.78 is 4.64. The molecule has 0 atom stereocenters. The van der Waals surface area contributed by atoms with Crippen LogP contribution in [-0.4, -0.2) is 0 Å². The number of hydrogen-bond acceptors (Lipinski definition) is 2. The number of halogens is 1. The number of hydrogen-bond donors (Lipinski definition) is 0. The topological polar surface area (TPSA) is 33.0 Å². The molecule has 0 radical (unpaired) electrons. The maximum atomic E-state index is 8.22. The van der Waals surface area contributed by atoms with Gasteiger partial charge in [-0.15, -0.1) is 5.26 Å². The summed E-state index contributed by atoms with van der Waals surface area (Å²) in [6.07, 6.45) is 1.59. The van der Waals surface area contributed by atoms with Crippen LogP contribution in [0.5, 0.6) is 5.75 Å². The van der Waals surface area contributed by atoms with Crippen molar-refractivity contribution in [1.29, 1.82) is 5.26 Å². The van der Waals surface area contributed by atoms with E-state index in [1.165, 1.54) is 0 Å². The van der Waals surface area contributed by atoms with Gasteiger partial charge in [0.15, 0.2) is 0 Å². The Morgan fingerprint density at radius 2 is 2.27 bits per heavy atom. The molecule has 0 saturated heterocycles. The molecule has 0 heterocycles. The second kappa shape index (κ2) is 3.27. The van der Waals surface area contributed by atoms with Gasteiger partial charge in [-0.25, -0.2) is 0 Å². The molecule has 0 fully saturated rings. The van der Waals surface area contributed by atoms with Crippen molar-refractivity contribution in [2.75, 3.05) is 0 Å². The van der Waals surface area contributed by atoms with Crippen molar-refractivity contribution in [3.63, 3.8) is 0 Å². The quantitative estimate of drug-likeness (QED) is 0.602. The van der Waals surface area contributed by atoms with Gasteiger partial charge >= 0.3 is 0 Å². The summed E-state index contributed by atoms with van der Waals surface area (Å²) in [6, 6.07) is 5.16. The van der Waals surface area contributed by atoms with Crippen LogP contribution >= 0.6 is 11.6 Å². The molecule has 0 amide bonds. The van der Waals surface area contributed by atoms with E-state index in [0.717, 1.165) is 5.56 Å². The molecule has 0 unspecified atom stereocenters. The fourth-order valence-electron chi connectivity index (χ4n) is 0.733. The maximum absolute atomic E-state index is 8.22. The Kier molecular flexibility index (Phi) is 2.35. The summed E-state index contributed by atoms with van der Waals surface area (Å²) in [5, 5.41) is 8.79. The van der Waals surface area contributed by atoms with Crippen molar-refractivity contribution in [2.45, 2.75) is 6.92 Å². The number of nitriles is 1. The largest absolute Gasteiger partial charge is 0.388 e. The van der Waals surface area contributed by atoms with Crippen LogP contribution in [0.15, 0.2) is 18.2 Å². The Morgan fingerprint density at radius 1 is 1.55 bits per heavy atom. The molecule has 0 N–H and O–H groups in total. The summed E-state index contributed by atoms with van der Waals surface area (Å²) in [4.78, 5) is 0. The SMILES string of the molecule is Cc1ccc(Cl)cc1OC#N. The van der Waals surface area contributed by atoms with E-state index >= 15 is 0 Å². The molecule has 0 bridgehead atoms. The minimum atomic E-state index is 0.514. The molecule has 56 valence electrons. The van der Waals surface area contributed by atoms with Crippen LogP contribution in [0.4, 0.5) is 0 Å². The Bertz CT molecular complexity index is 303. The maximum Gasteiger partial charge on any atom is 0.292 e. The van der Waals surface area contributed by atoms with Crippen LogP contribution in [0.3, 0.4) is 0 Å². The lowest BCUT2D eigenvalue weighted by atomic mass is 10.2. The first-order valence-corrected chi connectivity index (χ1v) is 3.44.